The van der Waals surface area contributed by atoms with Gasteiger partial charge in [-0.25, -0.2) is 5.43 Å². The molecular formula is C13H12N4O. The first-order chi connectivity index (χ1) is 8.77. The molecule has 1 amide bonds. The second kappa shape index (κ2) is 5.58. The molecule has 0 aliphatic carbocycles. The van der Waals surface area contributed by atoms with Gasteiger partial charge < -0.3 is 5.73 Å². The Hall–Kier alpha value is -2.69. The van der Waals surface area contributed by atoms with Gasteiger partial charge in [-0.15, -0.1) is 0 Å². The number of carbonyl (C=O) groups is 1. The molecule has 0 aliphatic heterocycles. The van der Waals surface area contributed by atoms with Gasteiger partial charge in [0.2, 0.25) is 0 Å². The van der Waals surface area contributed by atoms with E-state index in [2.05, 4.69) is 15.5 Å². The molecule has 0 fully saturated rings. The van der Waals surface area contributed by atoms with E-state index in [0.29, 0.717) is 11.3 Å². The van der Waals surface area contributed by atoms with Crippen LogP contribution in [0.2, 0.25) is 0 Å². The van der Waals surface area contributed by atoms with Crippen LogP contribution >= 0.6 is 0 Å². The van der Waals surface area contributed by atoms with Crippen LogP contribution in [0.1, 0.15) is 15.9 Å². The van der Waals surface area contributed by atoms with Crippen molar-refractivity contribution in [3.63, 3.8) is 0 Å². The van der Waals surface area contributed by atoms with Gasteiger partial charge in [-0.05, 0) is 29.8 Å². The number of aromatic nitrogens is 1. The van der Waals surface area contributed by atoms with Gasteiger partial charge in [-0.3, -0.25) is 9.78 Å². The smallest absolute Gasteiger partial charge is 0.273 e. The third-order valence-corrected chi connectivity index (χ3v) is 2.29. The summed E-state index contributed by atoms with van der Waals surface area (Å²) in [5.74, 6) is -0.335. The predicted octanol–water partition coefficient (Wildman–Crippen LogP) is 1.43. The molecule has 5 nitrogen and oxygen atoms in total. The normalized spacial score (nSPS) is 10.4. The van der Waals surface area contributed by atoms with Gasteiger partial charge in [0.15, 0.2) is 0 Å². The van der Waals surface area contributed by atoms with E-state index in [1.165, 1.54) is 0 Å². The Morgan fingerprint density at radius 1 is 1.22 bits per heavy atom. The molecule has 18 heavy (non-hydrogen) atoms. The maximum atomic E-state index is 11.7. The molecular weight excluding hydrogens is 228 g/mol. The fourth-order valence-corrected chi connectivity index (χ4v) is 1.38. The highest BCUT2D eigenvalue weighted by atomic mass is 16.2. The van der Waals surface area contributed by atoms with E-state index in [1.54, 1.807) is 55.0 Å². The summed E-state index contributed by atoms with van der Waals surface area (Å²) in [7, 11) is 0. The lowest BCUT2D eigenvalue weighted by Crippen LogP contribution is -2.18. The van der Waals surface area contributed by atoms with Crippen molar-refractivity contribution in [1.82, 2.24) is 10.4 Å². The molecule has 0 aliphatic rings. The van der Waals surface area contributed by atoms with Gasteiger partial charge >= 0.3 is 0 Å². The lowest BCUT2D eigenvalue weighted by atomic mass is 10.2. The monoisotopic (exact) mass is 240 g/mol. The number of benzene rings is 1. The quantitative estimate of drug-likeness (QED) is 0.484. The van der Waals surface area contributed by atoms with Crippen LogP contribution in [0.25, 0.3) is 0 Å². The standard InChI is InChI=1S/C13H12N4O/c14-12-4-2-1-3-11(12)13(18)17-16-9-10-5-7-15-8-6-10/h1-9H,14H2,(H,17,18)/b16-9+. The zero-order valence-corrected chi connectivity index (χ0v) is 9.58. The van der Waals surface area contributed by atoms with Crippen LogP contribution in [0.5, 0.6) is 0 Å². The summed E-state index contributed by atoms with van der Waals surface area (Å²) in [6.07, 6.45) is 4.84. The van der Waals surface area contributed by atoms with Gasteiger partial charge in [0.1, 0.15) is 0 Å². The molecule has 0 spiro atoms. The third-order valence-electron chi connectivity index (χ3n) is 2.29. The number of nitrogens with one attached hydrogen (secondary N) is 1. The molecule has 5 heteroatoms. The number of nitrogens with two attached hydrogens (primary N) is 1. The van der Waals surface area contributed by atoms with E-state index in [0.717, 1.165) is 5.56 Å². The van der Waals surface area contributed by atoms with E-state index in [-0.39, 0.29) is 5.91 Å². The van der Waals surface area contributed by atoms with Crippen molar-refractivity contribution in [1.29, 1.82) is 0 Å². The molecule has 1 aromatic carbocycles. The minimum atomic E-state index is -0.335. The van der Waals surface area contributed by atoms with Crippen molar-refractivity contribution in [2.45, 2.75) is 0 Å². The van der Waals surface area contributed by atoms with Crippen LogP contribution in [0.3, 0.4) is 0 Å². The zero-order valence-electron chi connectivity index (χ0n) is 9.58. The molecule has 0 saturated heterocycles. The van der Waals surface area contributed by atoms with Crippen LogP contribution in [-0.2, 0) is 0 Å². The summed E-state index contributed by atoms with van der Waals surface area (Å²) in [6.45, 7) is 0. The van der Waals surface area contributed by atoms with Crippen LogP contribution in [0, 0.1) is 0 Å². The summed E-state index contributed by atoms with van der Waals surface area (Å²) in [6, 6.07) is 10.4. The van der Waals surface area contributed by atoms with Gasteiger partial charge in [0.25, 0.3) is 5.91 Å². The highest BCUT2D eigenvalue weighted by Gasteiger charge is 2.06. The van der Waals surface area contributed by atoms with E-state index in [4.69, 9.17) is 5.73 Å². The van der Waals surface area contributed by atoms with Crippen molar-refractivity contribution in [2.24, 2.45) is 5.10 Å². The van der Waals surface area contributed by atoms with E-state index in [1.807, 2.05) is 0 Å². The minimum Gasteiger partial charge on any atom is -0.398 e. The van der Waals surface area contributed by atoms with Gasteiger partial charge in [0.05, 0.1) is 11.8 Å². The third kappa shape index (κ3) is 2.91. The number of nitrogens with zero attached hydrogens (tertiary/aromatic N) is 2. The average Bonchev–Trinajstić information content (AvgIpc) is 2.40. The molecule has 2 aromatic rings. The fourth-order valence-electron chi connectivity index (χ4n) is 1.38. The number of hydrogen-bond acceptors (Lipinski definition) is 4. The van der Waals surface area contributed by atoms with Gasteiger partial charge in [-0.2, -0.15) is 5.10 Å². The summed E-state index contributed by atoms with van der Waals surface area (Å²) < 4.78 is 0. The Kier molecular flexibility index (Phi) is 3.66. The highest BCUT2D eigenvalue weighted by Crippen LogP contribution is 2.09. The SMILES string of the molecule is Nc1ccccc1C(=O)N/N=C/c1ccncc1. The lowest BCUT2D eigenvalue weighted by molar-refractivity contribution is 0.0956. The van der Waals surface area contributed by atoms with E-state index < -0.39 is 0 Å². The average molecular weight is 240 g/mol. The number of rotatable bonds is 3. The van der Waals surface area contributed by atoms with Crippen molar-refractivity contribution >= 4 is 17.8 Å². The molecule has 0 saturated carbocycles. The van der Waals surface area contributed by atoms with E-state index >= 15 is 0 Å². The number of hydrazone groups is 1. The number of hydrogen-bond donors (Lipinski definition) is 2. The predicted molar refractivity (Wildman–Crippen MR) is 70.2 cm³/mol. The Morgan fingerprint density at radius 2 is 1.94 bits per heavy atom. The maximum Gasteiger partial charge on any atom is 0.273 e. The summed E-state index contributed by atoms with van der Waals surface area (Å²) >= 11 is 0. The summed E-state index contributed by atoms with van der Waals surface area (Å²) in [5, 5.41) is 3.85. The number of nitrogen functional groups attached to an aromatic ring is 1. The Labute approximate surface area is 104 Å². The van der Waals surface area contributed by atoms with Crippen LogP contribution in [0.15, 0.2) is 53.9 Å². The zero-order chi connectivity index (χ0) is 12.8. The molecule has 3 N–H and O–H groups in total. The molecule has 1 aromatic heterocycles. The summed E-state index contributed by atoms with van der Waals surface area (Å²) in [5.41, 5.74) is 9.79. The van der Waals surface area contributed by atoms with Gasteiger partial charge in [0, 0.05) is 18.1 Å². The Morgan fingerprint density at radius 3 is 2.67 bits per heavy atom. The van der Waals surface area contributed by atoms with Gasteiger partial charge in [-0.1, -0.05) is 12.1 Å². The molecule has 0 unspecified atom stereocenters. The Bertz CT molecular complexity index is 566. The minimum absolute atomic E-state index is 0.335. The second-order valence-corrected chi connectivity index (χ2v) is 3.57. The fraction of sp³-hybridized carbons (Fsp3) is 0. The number of anilines is 1. The second-order valence-electron chi connectivity index (χ2n) is 3.57. The molecule has 2 rings (SSSR count). The van der Waals surface area contributed by atoms with E-state index in [9.17, 15) is 4.79 Å². The van der Waals surface area contributed by atoms with Crippen molar-refractivity contribution in [2.75, 3.05) is 5.73 Å². The van der Waals surface area contributed by atoms with Crippen molar-refractivity contribution < 1.29 is 4.79 Å². The molecule has 90 valence electrons. The molecule has 1 heterocycles. The first-order valence-electron chi connectivity index (χ1n) is 5.35. The molecule has 0 atom stereocenters. The molecule has 0 bridgehead atoms. The topological polar surface area (TPSA) is 80.4 Å². The van der Waals surface area contributed by atoms with Crippen LogP contribution < -0.4 is 11.2 Å². The number of carbonyl (C=O) groups excluding carboxylic acids is 1. The lowest BCUT2D eigenvalue weighted by Gasteiger charge is -2.02. The van der Waals surface area contributed by atoms with Crippen LogP contribution in [-0.4, -0.2) is 17.1 Å². The summed E-state index contributed by atoms with van der Waals surface area (Å²) in [4.78, 5) is 15.6. The first-order valence-corrected chi connectivity index (χ1v) is 5.35. The highest BCUT2D eigenvalue weighted by molar-refractivity contribution is 5.99. The number of pyridine rings is 1. The van der Waals surface area contributed by atoms with Crippen molar-refractivity contribution in [3.05, 3.63) is 59.9 Å². The van der Waals surface area contributed by atoms with Crippen molar-refractivity contribution in [3.8, 4) is 0 Å². The Balaban J connectivity index is 2.01. The van der Waals surface area contributed by atoms with Crippen LogP contribution in [0.4, 0.5) is 5.69 Å². The largest absolute Gasteiger partial charge is 0.398 e. The molecule has 0 radical (unpaired) electrons. The first kappa shape index (κ1) is 11.8. The number of amides is 1. The number of para-hydroxylation sites is 1. The maximum absolute atomic E-state index is 11.7.